The summed E-state index contributed by atoms with van der Waals surface area (Å²) in [6.07, 6.45) is 2.67. The number of hydrogen-bond donors (Lipinski definition) is 2. The van der Waals surface area contributed by atoms with E-state index in [1.165, 1.54) is 32.5 Å². The van der Waals surface area contributed by atoms with Gasteiger partial charge in [0.15, 0.2) is 5.96 Å². The van der Waals surface area contributed by atoms with E-state index in [1.807, 2.05) is 0 Å². The lowest BCUT2D eigenvalue weighted by molar-refractivity contribution is 0.159. The molecule has 1 unspecified atom stereocenters. The van der Waals surface area contributed by atoms with Gasteiger partial charge in [0.2, 0.25) is 0 Å². The van der Waals surface area contributed by atoms with Crippen LogP contribution in [0.15, 0.2) is 4.99 Å². The quantitative estimate of drug-likeness (QED) is 0.375. The third kappa shape index (κ3) is 9.87. The van der Waals surface area contributed by atoms with Crippen molar-refractivity contribution in [3.05, 3.63) is 0 Å². The summed E-state index contributed by atoms with van der Waals surface area (Å²) in [5.41, 5.74) is 0. The van der Waals surface area contributed by atoms with Gasteiger partial charge in [-0.3, -0.25) is 4.99 Å². The van der Waals surface area contributed by atoms with Crippen LogP contribution >= 0.6 is 24.0 Å². The maximum Gasteiger partial charge on any atom is 0.191 e. The Balaban J connectivity index is 0.00000441. The topological polar surface area (TPSA) is 39.7 Å². The molecular weight excluding hydrogens is 387 g/mol. The van der Waals surface area contributed by atoms with Crippen LogP contribution in [-0.2, 0) is 0 Å². The van der Waals surface area contributed by atoms with E-state index in [0.29, 0.717) is 5.92 Å². The van der Waals surface area contributed by atoms with E-state index in [2.05, 4.69) is 55.1 Å². The van der Waals surface area contributed by atoms with Gasteiger partial charge < -0.3 is 15.5 Å². The number of aliphatic imine (C=N–C) groups is 1. The van der Waals surface area contributed by atoms with Crippen molar-refractivity contribution in [3.8, 4) is 0 Å². The second-order valence-electron chi connectivity index (χ2n) is 7.16. The molecule has 1 rings (SSSR count). The summed E-state index contributed by atoms with van der Waals surface area (Å²) in [5, 5.41) is 6.88. The summed E-state index contributed by atoms with van der Waals surface area (Å²) in [4.78, 5) is 7.27. The van der Waals surface area contributed by atoms with Gasteiger partial charge >= 0.3 is 0 Å². The molecule has 0 bridgehead atoms. The standard InChI is InChI=1S/C17H36N4.HI/c1-6-18-17(19-10-14(2)3)20-11-16-8-7-9-21(13-16)12-15(4)5;/h14-16H,6-13H2,1-5H3,(H2,18,19,20);1H. The molecule has 0 aromatic carbocycles. The lowest BCUT2D eigenvalue weighted by Gasteiger charge is -2.34. The lowest BCUT2D eigenvalue weighted by Crippen LogP contribution is -2.45. The van der Waals surface area contributed by atoms with Gasteiger partial charge in [-0.2, -0.15) is 0 Å². The maximum atomic E-state index is 4.65. The molecular formula is C17H37IN4. The average molecular weight is 424 g/mol. The molecule has 1 aliphatic heterocycles. The molecule has 1 saturated heterocycles. The van der Waals surface area contributed by atoms with Crippen molar-refractivity contribution in [2.45, 2.75) is 47.5 Å². The maximum absolute atomic E-state index is 4.65. The predicted octanol–water partition coefficient (Wildman–Crippen LogP) is 3.18. The highest BCUT2D eigenvalue weighted by Crippen LogP contribution is 2.16. The molecule has 0 radical (unpaired) electrons. The molecule has 0 aliphatic carbocycles. The first kappa shape index (κ1) is 22.0. The molecule has 1 atom stereocenters. The molecule has 1 aliphatic rings. The lowest BCUT2D eigenvalue weighted by atomic mass is 9.97. The average Bonchev–Trinajstić information content (AvgIpc) is 2.41. The van der Waals surface area contributed by atoms with Crippen LogP contribution in [-0.4, -0.2) is 50.1 Å². The first-order chi connectivity index (χ1) is 10.0. The largest absolute Gasteiger partial charge is 0.357 e. The van der Waals surface area contributed by atoms with Crippen LogP contribution in [0.1, 0.15) is 47.5 Å². The Morgan fingerprint density at radius 3 is 2.50 bits per heavy atom. The zero-order valence-electron chi connectivity index (χ0n) is 15.2. The van der Waals surface area contributed by atoms with Crippen molar-refractivity contribution < 1.29 is 0 Å². The van der Waals surface area contributed by atoms with Crippen LogP contribution in [0.2, 0.25) is 0 Å². The molecule has 132 valence electrons. The Morgan fingerprint density at radius 2 is 1.91 bits per heavy atom. The van der Waals surface area contributed by atoms with Crippen molar-refractivity contribution in [3.63, 3.8) is 0 Å². The molecule has 22 heavy (non-hydrogen) atoms. The third-order valence-corrected chi connectivity index (χ3v) is 3.74. The fourth-order valence-corrected chi connectivity index (χ4v) is 2.86. The summed E-state index contributed by atoms with van der Waals surface area (Å²) in [6, 6.07) is 0. The van der Waals surface area contributed by atoms with Crippen LogP contribution < -0.4 is 10.6 Å². The summed E-state index contributed by atoms with van der Waals surface area (Å²) in [6.45, 7) is 17.7. The van der Waals surface area contributed by atoms with Crippen LogP contribution in [0.5, 0.6) is 0 Å². The highest BCUT2D eigenvalue weighted by atomic mass is 127. The van der Waals surface area contributed by atoms with Gasteiger partial charge in [0.25, 0.3) is 0 Å². The predicted molar refractivity (Wildman–Crippen MR) is 108 cm³/mol. The summed E-state index contributed by atoms with van der Waals surface area (Å²) >= 11 is 0. The van der Waals surface area contributed by atoms with Crippen LogP contribution in [0.3, 0.4) is 0 Å². The van der Waals surface area contributed by atoms with Crippen molar-refractivity contribution in [2.75, 3.05) is 39.3 Å². The van der Waals surface area contributed by atoms with Crippen LogP contribution in [0, 0.1) is 17.8 Å². The van der Waals surface area contributed by atoms with Gasteiger partial charge in [-0.05, 0) is 44.1 Å². The molecule has 0 amide bonds. The highest BCUT2D eigenvalue weighted by Gasteiger charge is 2.20. The minimum Gasteiger partial charge on any atom is -0.357 e. The number of guanidine groups is 1. The monoisotopic (exact) mass is 424 g/mol. The van der Waals surface area contributed by atoms with Crippen molar-refractivity contribution in [1.29, 1.82) is 0 Å². The number of nitrogens with one attached hydrogen (secondary N) is 2. The number of rotatable bonds is 7. The minimum atomic E-state index is 0. The molecule has 2 N–H and O–H groups in total. The Morgan fingerprint density at radius 1 is 1.18 bits per heavy atom. The van der Waals surface area contributed by atoms with E-state index in [9.17, 15) is 0 Å². The minimum absolute atomic E-state index is 0. The zero-order chi connectivity index (χ0) is 15.7. The Kier molecular flexibility index (Phi) is 12.4. The smallest absolute Gasteiger partial charge is 0.191 e. The van der Waals surface area contributed by atoms with E-state index in [-0.39, 0.29) is 24.0 Å². The highest BCUT2D eigenvalue weighted by molar-refractivity contribution is 14.0. The van der Waals surface area contributed by atoms with Gasteiger partial charge in [0, 0.05) is 32.7 Å². The summed E-state index contributed by atoms with van der Waals surface area (Å²) < 4.78 is 0. The number of likely N-dealkylation sites (tertiary alicyclic amines) is 1. The molecule has 0 aromatic heterocycles. The van der Waals surface area contributed by atoms with E-state index >= 15 is 0 Å². The van der Waals surface area contributed by atoms with E-state index in [4.69, 9.17) is 0 Å². The molecule has 1 heterocycles. The number of nitrogens with zero attached hydrogens (tertiary/aromatic N) is 2. The first-order valence-corrected chi connectivity index (χ1v) is 8.75. The molecule has 5 heteroatoms. The van der Waals surface area contributed by atoms with E-state index < -0.39 is 0 Å². The number of piperidine rings is 1. The Hall–Kier alpha value is -0.0400. The molecule has 0 saturated carbocycles. The summed E-state index contributed by atoms with van der Waals surface area (Å²) in [7, 11) is 0. The fourth-order valence-electron chi connectivity index (χ4n) is 2.86. The van der Waals surface area contributed by atoms with Crippen molar-refractivity contribution >= 4 is 29.9 Å². The fraction of sp³-hybridized carbons (Fsp3) is 0.941. The second kappa shape index (κ2) is 12.4. The number of halogens is 1. The normalized spacial score (nSPS) is 20.1. The van der Waals surface area contributed by atoms with Gasteiger partial charge in [0.1, 0.15) is 0 Å². The first-order valence-electron chi connectivity index (χ1n) is 8.75. The molecule has 0 spiro atoms. The second-order valence-corrected chi connectivity index (χ2v) is 7.16. The van der Waals surface area contributed by atoms with Gasteiger partial charge in [-0.1, -0.05) is 27.7 Å². The molecule has 4 nitrogen and oxygen atoms in total. The van der Waals surface area contributed by atoms with Gasteiger partial charge in [-0.15, -0.1) is 24.0 Å². The van der Waals surface area contributed by atoms with E-state index in [1.54, 1.807) is 0 Å². The van der Waals surface area contributed by atoms with Crippen LogP contribution in [0.4, 0.5) is 0 Å². The summed E-state index contributed by atoms with van der Waals surface area (Å²) in [5.74, 6) is 3.10. The van der Waals surface area contributed by atoms with E-state index in [0.717, 1.165) is 37.4 Å². The van der Waals surface area contributed by atoms with Gasteiger partial charge in [0.05, 0.1) is 0 Å². The Bertz CT molecular complexity index is 305. The molecule has 0 aromatic rings. The van der Waals surface area contributed by atoms with Crippen molar-refractivity contribution in [1.82, 2.24) is 15.5 Å². The zero-order valence-corrected chi connectivity index (χ0v) is 17.5. The third-order valence-electron chi connectivity index (χ3n) is 3.74. The number of hydrogen-bond acceptors (Lipinski definition) is 2. The molecule has 1 fully saturated rings. The SMILES string of the molecule is CCNC(=NCC(C)C)NCC1CCCN(CC(C)C)C1.I. The Labute approximate surface area is 154 Å². The van der Waals surface area contributed by atoms with Gasteiger partial charge in [-0.25, -0.2) is 0 Å². The van der Waals surface area contributed by atoms with Crippen LogP contribution in [0.25, 0.3) is 0 Å². The van der Waals surface area contributed by atoms with Crippen molar-refractivity contribution in [2.24, 2.45) is 22.7 Å².